The van der Waals surface area contributed by atoms with Gasteiger partial charge in [-0.3, -0.25) is 4.98 Å². The fourth-order valence-electron chi connectivity index (χ4n) is 1.60. The molecule has 18 heavy (non-hydrogen) atoms. The Morgan fingerprint density at radius 3 is 2.39 bits per heavy atom. The van der Waals surface area contributed by atoms with Gasteiger partial charge in [-0.25, -0.2) is 9.59 Å². The van der Waals surface area contributed by atoms with Gasteiger partial charge < -0.3 is 5.11 Å². The van der Waals surface area contributed by atoms with Crippen molar-refractivity contribution in [2.24, 2.45) is 0 Å². The number of nitrogens with zero attached hydrogens (tertiary/aromatic N) is 2. The molecule has 0 saturated heterocycles. The first-order valence-electron chi connectivity index (χ1n) is 5.52. The second kappa shape index (κ2) is 4.48. The van der Waals surface area contributed by atoms with E-state index in [1.165, 1.54) is 0 Å². The molecule has 1 heterocycles. The van der Waals surface area contributed by atoms with Gasteiger partial charge in [0.05, 0.1) is 5.69 Å². The summed E-state index contributed by atoms with van der Waals surface area (Å²) in [6.07, 6.45) is 0. The number of benzene rings is 1. The maximum absolute atomic E-state index is 11.5. The van der Waals surface area contributed by atoms with E-state index in [1.807, 2.05) is 12.1 Å². The molecule has 0 aliphatic heterocycles. The van der Waals surface area contributed by atoms with Crippen LogP contribution in [0.3, 0.4) is 0 Å². The van der Waals surface area contributed by atoms with Gasteiger partial charge in [0.15, 0.2) is 0 Å². The number of carboxylic acids is 1. The van der Waals surface area contributed by atoms with E-state index in [9.17, 15) is 9.59 Å². The Morgan fingerprint density at radius 2 is 1.94 bits per heavy atom. The van der Waals surface area contributed by atoms with Crippen LogP contribution in [0.5, 0.6) is 0 Å². The molecule has 0 aliphatic rings. The first-order chi connectivity index (χ1) is 8.49. The minimum Gasteiger partial charge on any atom is -0.475 e. The molecule has 2 N–H and O–H groups in total. The highest BCUT2D eigenvalue weighted by Gasteiger charge is 2.12. The van der Waals surface area contributed by atoms with E-state index < -0.39 is 11.7 Å². The number of aromatic carboxylic acids is 1. The number of hydrogen-bond acceptors (Lipinski definition) is 3. The maximum atomic E-state index is 11.5. The predicted octanol–water partition coefficient (Wildman–Crippen LogP) is 1.38. The van der Waals surface area contributed by atoms with Gasteiger partial charge in [-0.2, -0.15) is 4.68 Å². The van der Waals surface area contributed by atoms with E-state index in [4.69, 9.17) is 5.11 Å². The molecular formula is C12H13N3O3. The predicted molar refractivity (Wildman–Crippen MR) is 65.2 cm³/mol. The van der Waals surface area contributed by atoms with Crippen LogP contribution in [0.15, 0.2) is 29.1 Å². The highest BCUT2D eigenvalue weighted by Crippen LogP contribution is 2.15. The van der Waals surface area contributed by atoms with Crippen molar-refractivity contribution in [3.63, 3.8) is 0 Å². The monoisotopic (exact) mass is 247 g/mol. The van der Waals surface area contributed by atoms with E-state index in [-0.39, 0.29) is 5.82 Å². The third kappa shape index (κ3) is 2.17. The fraction of sp³-hybridized carbons (Fsp3) is 0.250. The summed E-state index contributed by atoms with van der Waals surface area (Å²) in [6, 6.07) is 7.26. The molecular weight excluding hydrogens is 234 g/mol. The van der Waals surface area contributed by atoms with Crippen LogP contribution in [-0.4, -0.2) is 25.8 Å². The minimum atomic E-state index is -1.26. The van der Waals surface area contributed by atoms with Gasteiger partial charge in [0.1, 0.15) is 0 Å². The molecule has 0 amide bonds. The number of nitrogens with one attached hydrogen (secondary N) is 1. The minimum absolute atomic E-state index is 0.368. The number of hydrogen-bond donors (Lipinski definition) is 2. The summed E-state index contributed by atoms with van der Waals surface area (Å²) >= 11 is 0. The summed E-state index contributed by atoms with van der Waals surface area (Å²) in [5, 5.41) is 12.4. The molecule has 94 valence electrons. The number of carbonyl (C=O) groups is 1. The van der Waals surface area contributed by atoms with Crippen LogP contribution in [0.4, 0.5) is 0 Å². The molecule has 0 unspecified atom stereocenters. The molecule has 0 saturated carbocycles. The molecule has 0 aliphatic carbocycles. The SMILES string of the molecule is CC(C)c1ccc(-n2nc(C(=O)O)[nH]c2=O)cc1. The second-order valence-corrected chi connectivity index (χ2v) is 4.24. The number of aromatic amines is 1. The standard InChI is InChI=1S/C12H13N3O3/c1-7(2)8-3-5-9(6-4-8)15-12(18)13-10(14-15)11(16)17/h3-7H,1-2H3,(H,16,17)(H,13,14,18). The van der Waals surface area contributed by atoms with Crippen LogP contribution >= 0.6 is 0 Å². The van der Waals surface area contributed by atoms with Crippen LogP contribution in [0.1, 0.15) is 35.9 Å². The van der Waals surface area contributed by atoms with Gasteiger partial charge in [0, 0.05) is 0 Å². The van der Waals surface area contributed by atoms with Crippen LogP contribution in [-0.2, 0) is 0 Å². The van der Waals surface area contributed by atoms with Gasteiger partial charge in [-0.15, -0.1) is 5.10 Å². The van der Waals surface area contributed by atoms with Crippen molar-refractivity contribution in [2.45, 2.75) is 19.8 Å². The zero-order chi connectivity index (χ0) is 13.3. The molecule has 6 heteroatoms. The molecule has 0 bridgehead atoms. The van der Waals surface area contributed by atoms with Gasteiger partial charge in [0.25, 0.3) is 0 Å². The highest BCUT2D eigenvalue weighted by atomic mass is 16.4. The van der Waals surface area contributed by atoms with Crippen LogP contribution < -0.4 is 5.69 Å². The third-order valence-corrected chi connectivity index (χ3v) is 2.62. The average molecular weight is 247 g/mol. The van der Waals surface area contributed by atoms with E-state index >= 15 is 0 Å². The average Bonchev–Trinajstić information content (AvgIpc) is 2.71. The smallest absolute Gasteiger partial charge is 0.373 e. The van der Waals surface area contributed by atoms with Crippen molar-refractivity contribution in [3.8, 4) is 5.69 Å². The lowest BCUT2D eigenvalue weighted by Gasteiger charge is -2.05. The summed E-state index contributed by atoms with van der Waals surface area (Å²) in [5.74, 6) is -1.23. The molecule has 1 aromatic carbocycles. The van der Waals surface area contributed by atoms with E-state index in [0.29, 0.717) is 11.6 Å². The lowest BCUT2D eigenvalue weighted by atomic mass is 10.0. The van der Waals surface area contributed by atoms with Crippen LogP contribution in [0, 0.1) is 0 Å². The van der Waals surface area contributed by atoms with E-state index in [2.05, 4.69) is 23.9 Å². The molecule has 1 aromatic heterocycles. The summed E-state index contributed by atoms with van der Waals surface area (Å²) in [7, 11) is 0. The fourth-order valence-corrected chi connectivity index (χ4v) is 1.60. The molecule has 6 nitrogen and oxygen atoms in total. The lowest BCUT2D eigenvalue weighted by molar-refractivity contribution is 0.0683. The Morgan fingerprint density at radius 1 is 1.33 bits per heavy atom. The normalized spacial score (nSPS) is 10.8. The topological polar surface area (TPSA) is 88.0 Å². The van der Waals surface area contributed by atoms with Gasteiger partial charge >= 0.3 is 11.7 Å². The van der Waals surface area contributed by atoms with Gasteiger partial charge in [-0.05, 0) is 23.6 Å². The molecule has 0 spiro atoms. The Kier molecular flexibility index (Phi) is 3.01. The lowest BCUT2D eigenvalue weighted by Crippen LogP contribution is -2.15. The number of aromatic nitrogens is 3. The summed E-state index contributed by atoms with van der Waals surface area (Å²) in [6.45, 7) is 4.14. The van der Waals surface area contributed by atoms with Crippen LogP contribution in [0.25, 0.3) is 5.69 Å². The van der Waals surface area contributed by atoms with Crippen molar-refractivity contribution in [3.05, 3.63) is 46.1 Å². The Hall–Kier alpha value is -2.37. The van der Waals surface area contributed by atoms with Gasteiger partial charge in [-0.1, -0.05) is 26.0 Å². The zero-order valence-electron chi connectivity index (χ0n) is 10.0. The summed E-state index contributed by atoms with van der Waals surface area (Å²) < 4.78 is 1.04. The number of H-pyrrole nitrogens is 1. The number of rotatable bonds is 3. The zero-order valence-corrected chi connectivity index (χ0v) is 10.0. The molecule has 2 rings (SSSR count). The Labute approximate surface area is 103 Å². The summed E-state index contributed by atoms with van der Waals surface area (Å²) in [5.41, 5.74) is 1.11. The first kappa shape index (κ1) is 12.1. The van der Waals surface area contributed by atoms with E-state index in [1.54, 1.807) is 12.1 Å². The Balaban J connectivity index is 2.43. The molecule has 0 atom stereocenters. The second-order valence-electron chi connectivity index (χ2n) is 4.24. The molecule has 0 radical (unpaired) electrons. The van der Waals surface area contributed by atoms with Crippen LogP contribution in [0.2, 0.25) is 0 Å². The largest absolute Gasteiger partial charge is 0.475 e. The van der Waals surface area contributed by atoms with Gasteiger partial charge in [0.2, 0.25) is 5.82 Å². The highest BCUT2D eigenvalue weighted by molar-refractivity contribution is 5.82. The van der Waals surface area contributed by atoms with Crippen molar-refractivity contribution >= 4 is 5.97 Å². The quantitative estimate of drug-likeness (QED) is 0.857. The third-order valence-electron chi connectivity index (χ3n) is 2.62. The summed E-state index contributed by atoms with van der Waals surface area (Å²) in [4.78, 5) is 24.4. The Bertz CT molecular complexity index is 623. The first-order valence-corrected chi connectivity index (χ1v) is 5.52. The van der Waals surface area contributed by atoms with Crippen molar-refractivity contribution in [2.75, 3.05) is 0 Å². The molecule has 0 fully saturated rings. The van der Waals surface area contributed by atoms with Crippen molar-refractivity contribution in [1.82, 2.24) is 14.8 Å². The maximum Gasteiger partial charge on any atom is 0.373 e. The number of carboxylic acid groups (broad SMARTS) is 1. The van der Waals surface area contributed by atoms with E-state index in [0.717, 1.165) is 10.2 Å². The van der Waals surface area contributed by atoms with Crippen molar-refractivity contribution < 1.29 is 9.90 Å². The van der Waals surface area contributed by atoms with Crippen molar-refractivity contribution in [1.29, 1.82) is 0 Å². The molecule has 2 aromatic rings.